The van der Waals surface area contributed by atoms with E-state index in [0.717, 1.165) is 12.8 Å². The Balaban J connectivity index is 2.45. The lowest BCUT2D eigenvalue weighted by molar-refractivity contribution is -0.147. The molecule has 0 aromatic carbocycles. The molecule has 0 aromatic heterocycles. The van der Waals surface area contributed by atoms with Crippen LogP contribution in [0.1, 0.15) is 45.4 Å². The summed E-state index contributed by atoms with van der Waals surface area (Å²) in [5.74, 6) is -0.782. The molecule has 5 heteroatoms. The second-order valence-electron chi connectivity index (χ2n) is 5.02. The minimum Gasteiger partial charge on any atom is -0.480 e. The van der Waals surface area contributed by atoms with Gasteiger partial charge in [0.1, 0.15) is 5.54 Å². The molecule has 1 aliphatic carbocycles. The third-order valence-electron chi connectivity index (χ3n) is 3.51. The van der Waals surface area contributed by atoms with Gasteiger partial charge < -0.3 is 16.2 Å². The zero-order valence-electron chi connectivity index (χ0n) is 10.4. The Labute approximate surface area is 102 Å². The monoisotopic (exact) mass is 242 g/mol. The van der Waals surface area contributed by atoms with Crippen LogP contribution in [0.2, 0.25) is 0 Å². The first-order valence-electron chi connectivity index (χ1n) is 6.24. The molecule has 1 atom stereocenters. The van der Waals surface area contributed by atoms with Crippen LogP contribution in [0.25, 0.3) is 0 Å². The van der Waals surface area contributed by atoms with Crippen molar-refractivity contribution in [2.45, 2.75) is 51.0 Å². The van der Waals surface area contributed by atoms with Crippen LogP contribution in [-0.2, 0) is 9.59 Å². The van der Waals surface area contributed by atoms with Crippen molar-refractivity contribution in [3.05, 3.63) is 0 Å². The molecule has 1 unspecified atom stereocenters. The number of carboxylic acids is 1. The van der Waals surface area contributed by atoms with Gasteiger partial charge in [-0.15, -0.1) is 0 Å². The molecule has 98 valence electrons. The van der Waals surface area contributed by atoms with E-state index in [1.807, 2.05) is 6.92 Å². The van der Waals surface area contributed by atoms with E-state index in [-0.39, 0.29) is 5.91 Å². The van der Waals surface area contributed by atoms with E-state index in [1.165, 1.54) is 0 Å². The maximum absolute atomic E-state index is 11.7. The summed E-state index contributed by atoms with van der Waals surface area (Å²) in [5.41, 5.74) is 4.46. The van der Waals surface area contributed by atoms with Crippen molar-refractivity contribution in [1.29, 1.82) is 0 Å². The Morgan fingerprint density at radius 2 is 2.00 bits per heavy atom. The summed E-state index contributed by atoms with van der Waals surface area (Å²) in [6.45, 7) is 2.53. The molecular formula is C12H22N2O3. The molecule has 1 aliphatic rings. The first-order chi connectivity index (χ1) is 8.00. The highest BCUT2D eigenvalue weighted by Crippen LogP contribution is 2.30. The number of hydrogen-bond donors (Lipinski definition) is 3. The summed E-state index contributed by atoms with van der Waals surface area (Å²) >= 11 is 0. The van der Waals surface area contributed by atoms with Gasteiger partial charge in [-0.05, 0) is 31.7 Å². The second kappa shape index (κ2) is 6.00. The molecule has 0 aromatic rings. The molecule has 0 heterocycles. The first-order valence-corrected chi connectivity index (χ1v) is 6.24. The van der Waals surface area contributed by atoms with E-state index in [4.69, 9.17) is 5.73 Å². The van der Waals surface area contributed by atoms with E-state index in [9.17, 15) is 14.7 Å². The Morgan fingerprint density at radius 3 is 2.47 bits per heavy atom. The van der Waals surface area contributed by atoms with Gasteiger partial charge >= 0.3 is 5.97 Å². The average molecular weight is 242 g/mol. The minimum absolute atomic E-state index is 0.172. The molecule has 0 radical (unpaired) electrons. The number of carboxylic acid groups (broad SMARTS) is 1. The van der Waals surface area contributed by atoms with Crippen LogP contribution >= 0.6 is 0 Å². The first kappa shape index (κ1) is 14.0. The summed E-state index contributed by atoms with van der Waals surface area (Å²) in [7, 11) is 0. The number of rotatable bonds is 6. The van der Waals surface area contributed by atoms with Crippen molar-refractivity contribution in [1.82, 2.24) is 5.32 Å². The third-order valence-corrected chi connectivity index (χ3v) is 3.51. The molecule has 1 amide bonds. The second-order valence-corrected chi connectivity index (χ2v) is 5.02. The standard InChI is InChI=1S/C12H22N2O3/c1-9(8-13)4-5-10(15)14-12(11(16)17)6-2-3-7-12/h9H,2-8,13H2,1H3,(H,14,15)(H,16,17). The van der Waals surface area contributed by atoms with E-state index in [2.05, 4.69) is 5.32 Å². The lowest BCUT2D eigenvalue weighted by Crippen LogP contribution is -2.52. The lowest BCUT2D eigenvalue weighted by atomic mass is 9.97. The fourth-order valence-electron chi connectivity index (χ4n) is 2.20. The van der Waals surface area contributed by atoms with Gasteiger partial charge in [0, 0.05) is 6.42 Å². The molecule has 0 saturated heterocycles. The van der Waals surface area contributed by atoms with Gasteiger partial charge in [0.2, 0.25) is 5.91 Å². The number of carbonyl (C=O) groups excluding carboxylic acids is 1. The van der Waals surface area contributed by atoms with Gasteiger partial charge in [0.15, 0.2) is 0 Å². The van der Waals surface area contributed by atoms with Crippen molar-refractivity contribution in [3.63, 3.8) is 0 Å². The van der Waals surface area contributed by atoms with Gasteiger partial charge in [0.05, 0.1) is 0 Å². The lowest BCUT2D eigenvalue weighted by Gasteiger charge is -2.25. The summed E-state index contributed by atoms with van der Waals surface area (Å²) in [4.78, 5) is 22.9. The highest BCUT2D eigenvalue weighted by Gasteiger charge is 2.42. The molecule has 5 nitrogen and oxygen atoms in total. The number of aliphatic carboxylic acids is 1. The summed E-state index contributed by atoms with van der Waals surface area (Å²) in [6.07, 6.45) is 3.88. The Morgan fingerprint density at radius 1 is 1.41 bits per heavy atom. The quantitative estimate of drug-likeness (QED) is 0.644. The van der Waals surface area contributed by atoms with Crippen LogP contribution in [-0.4, -0.2) is 29.1 Å². The molecule has 1 fully saturated rings. The highest BCUT2D eigenvalue weighted by atomic mass is 16.4. The number of nitrogens with two attached hydrogens (primary N) is 1. The maximum atomic E-state index is 11.7. The number of hydrogen-bond acceptors (Lipinski definition) is 3. The van der Waals surface area contributed by atoms with E-state index < -0.39 is 11.5 Å². The van der Waals surface area contributed by atoms with Gasteiger partial charge in [-0.2, -0.15) is 0 Å². The van der Waals surface area contributed by atoms with E-state index in [1.54, 1.807) is 0 Å². The van der Waals surface area contributed by atoms with Gasteiger partial charge in [-0.25, -0.2) is 4.79 Å². The van der Waals surface area contributed by atoms with Crippen LogP contribution in [0.4, 0.5) is 0 Å². The number of carbonyl (C=O) groups is 2. The van der Waals surface area contributed by atoms with Crippen molar-refractivity contribution < 1.29 is 14.7 Å². The smallest absolute Gasteiger partial charge is 0.329 e. The summed E-state index contributed by atoms with van der Waals surface area (Å²) in [6, 6.07) is 0. The molecule has 0 bridgehead atoms. The summed E-state index contributed by atoms with van der Waals surface area (Å²) < 4.78 is 0. The van der Waals surface area contributed by atoms with Crippen molar-refractivity contribution >= 4 is 11.9 Å². The molecule has 0 spiro atoms. The van der Waals surface area contributed by atoms with E-state index in [0.29, 0.717) is 38.1 Å². The van der Waals surface area contributed by atoms with E-state index >= 15 is 0 Å². The third kappa shape index (κ3) is 3.70. The van der Waals surface area contributed by atoms with Crippen LogP contribution < -0.4 is 11.1 Å². The topological polar surface area (TPSA) is 92.4 Å². The van der Waals surface area contributed by atoms with Crippen molar-refractivity contribution in [2.24, 2.45) is 11.7 Å². The highest BCUT2D eigenvalue weighted by molar-refractivity contribution is 5.87. The average Bonchev–Trinajstić information content (AvgIpc) is 2.75. The van der Waals surface area contributed by atoms with Crippen LogP contribution in [0.3, 0.4) is 0 Å². The number of nitrogens with one attached hydrogen (secondary N) is 1. The van der Waals surface area contributed by atoms with Crippen molar-refractivity contribution in [3.8, 4) is 0 Å². The molecule has 4 N–H and O–H groups in total. The predicted molar refractivity (Wildman–Crippen MR) is 64.4 cm³/mol. The zero-order chi connectivity index (χ0) is 12.9. The van der Waals surface area contributed by atoms with Gasteiger partial charge in [-0.1, -0.05) is 19.8 Å². The molecule has 17 heavy (non-hydrogen) atoms. The van der Waals surface area contributed by atoms with Crippen molar-refractivity contribution in [2.75, 3.05) is 6.54 Å². The predicted octanol–water partition coefficient (Wildman–Crippen LogP) is 0.875. The molecular weight excluding hydrogens is 220 g/mol. The van der Waals surface area contributed by atoms with Gasteiger partial charge in [-0.3, -0.25) is 4.79 Å². The minimum atomic E-state index is -1.01. The SMILES string of the molecule is CC(CN)CCC(=O)NC1(C(=O)O)CCCC1. The fourth-order valence-corrected chi connectivity index (χ4v) is 2.20. The molecule has 1 rings (SSSR count). The van der Waals surface area contributed by atoms with Crippen LogP contribution in [0.15, 0.2) is 0 Å². The normalized spacial score (nSPS) is 19.9. The Hall–Kier alpha value is -1.10. The van der Waals surface area contributed by atoms with Gasteiger partial charge in [0.25, 0.3) is 0 Å². The van der Waals surface area contributed by atoms with Crippen LogP contribution in [0, 0.1) is 5.92 Å². The largest absolute Gasteiger partial charge is 0.480 e. The van der Waals surface area contributed by atoms with Crippen LogP contribution in [0.5, 0.6) is 0 Å². The fraction of sp³-hybridized carbons (Fsp3) is 0.833. The molecule has 0 aliphatic heterocycles. The summed E-state index contributed by atoms with van der Waals surface area (Å²) in [5, 5.41) is 11.9. The Bertz CT molecular complexity index is 285. The Kier molecular flexibility index (Phi) is 4.93. The zero-order valence-corrected chi connectivity index (χ0v) is 10.4. The number of amides is 1. The maximum Gasteiger partial charge on any atom is 0.329 e. The molecule has 1 saturated carbocycles.